The highest BCUT2D eigenvalue weighted by atomic mass is 79.9. The van der Waals surface area contributed by atoms with E-state index in [1.807, 2.05) is 0 Å². The third-order valence-corrected chi connectivity index (χ3v) is 3.29. The van der Waals surface area contributed by atoms with Crippen LogP contribution in [0.5, 0.6) is 0 Å². The van der Waals surface area contributed by atoms with Gasteiger partial charge in [-0.1, -0.05) is 15.9 Å². The van der Waals surface area contributed by atoms with Gasteiger partial charge < -0.3 is 10.1 Å². The first-order valence-electron chi connectivity index (χ1n) is 5.96. The smallest absolute Gasteiger partial charge is 0.337 e. The van der Waals surface area contributed by atoms with E-state index in [4.69, 9.17) is 0 Å². The zero-order chi connectivity index (χ0) is 14.5. The molecule has 0 saturated carbocycles. The van der Waals surface area contributed by atoms with Crippen LogP contribution in [0.15, 0.2) is 46.9 Å². The molecule has 0 aliphatic carbocycles. The number of hydrogen-bond acceptors (Lipinski definition) is 3. The van der Waals surface area contributed by atoms with E-state index in [2.05, 4.69) is 26.0 Å². The van der Waals surface area contributed by atoms with E-state index in [1.165, 1.54) is 13.2 Å². The topological polar surface area (TPSA) is 38.3 Å². The van der Waals surface area contributed by atoms with E-state index >= 15 is 0 Å². The lowest BCUT2D eigenvalue weighted by molar-refractivity contribution is 0.0601. The van der Waals surface area contributed by atoms with Gasteiger partial charge in [-0.15, -0.1) is 0 Å². The molecule has 0 atom stereocenters. The molecule has 0 heterocycles. The second kappa shape index (κ2) is 6.52. The van der Waals surface area contributed by atoms with Crippen LogP contribution in [0, 0.1) is 5.82 Å². The Morgan fingerprint density at radius 2 is 1.95 bits per heavy atom. The number of esters is 1. The summed E-state index contributed by atoms with van der Waals surface area (Å²) in [7, 11) is 1.34. The number of anilines is 1. The first-order valence-corrected chi connectivity index (χ1v) is 6.75. The fraction of sp³-hybridized carbons (Fsp3) is 0.133. The van der Waals surface area contributed by atoms with Gasteiger partial charge in [0.05, 0.1) is 12.7 Å². The summed E-state index contributed by atoms with van der Waals surface area (Å²) in [5, 5.41) is 3.10. The van der Waals surface area contributed by atoms with Gasteiger partial charge in [0, 0.05) is 22.3 Å². The number of halogens is 2. The number of hydrogen-bond donors (Lipinski definition) is 1. The molecule has 3 nitrogen and oxygen atoms in total. The third-order valence-electron chi connectivity index (χ3n) is 2.80. The molecule has 2 aromatic rings. The highest BCUT2D eigenvalue weighted by molar-refractivity contribution is 9.10. The van der Waals surface area contributed by atoms with Crippen molar-refractivity contribution in [2.75, 3.05) is 12.4 Å². The first-order chi connectivity index (χ1) is 9.60. The molecule has 5 heteroatoms. The Hall–Kier alpha value is -1.88. The molecule has 0 unspecified atom stereocenters. The highest BCUT2D eigenvalue weighted by Gasteiger charge is 2.05. The van der Waals surface area contributed by atoms with Crippen molar-refractivity contribution >= 4 is 27.6 Å². The fourth-order valence-corrected chi connectivity index (χ4v) is 2.13. The van der Waals surface area contributed by atoms with Crippen LogP contribution in [0.3, 0.4) is 0 Å². The van der Waals surface area contributed by atoms with E-state index < -0.39 is 0 Å². The van der Waals surface area contributed by atoms with Crippen molar-refractivity contribution in [3.63, 3.8) is 0 Å². The number of carbonyl (C=O) groups is 1. The molecule has 0 aliphatic rings. The van der Waals surface area contributed by atoms with Crippen molar-refractivity contribution in [2.45, 2.75) is 6.54 Å². The average molecular weight is 338 g/mol. The molecular formula is C15H13BrFNO2. The molecule has 0 aromatic heterocycles. The lowest BCUT2D eigenvalue weighted by atomic mass is 10.2. The normalized spacial score (nSPS) is 10.2. The Bertz CT molecular complexity index is 614. The zero-order valence-corrected chi connectivity index (χ0v) is 12.4. The van der Waals surface area contributed by atoms with E-state index in [0.29, 0.717) is 17.7 Å². The number of carbonyl (C=O) groups excluding carboxylic acids is 1. The van der Waals surface area contributed by atoms with Gasteiger partial charge in [-0.3, -0.25) is 0 Å². The monoisotopic (exact) mass is 337 g/mol. The molecule has 1 N–H and O–H groups in total. The van der Waals surface area contributed by atoms with E-state index in [0.717, 1.165) is 10.2 Å². The quantitative estimate of drug-likeness (QED) is 0.857. The Morgan fingerprint density at radius 1 is 1.25 bits per heavy atom. The minimum atomic E-state index is -0.380. The van der Waals surface area contributed by atoms with Crippen LogP contribution in [0.4, 0.5) is 10.1 Å². The van der Waals surface area contributed by atoms with Crippen LogP contribution >= 0.6 is 15.9 Å². The van der Waals surface area contributed by atoms with Gasteiger partial charge in [-0.05, 0) is 42.5 Å². The van der Waals surface area contributed by atoms with Crippen molar-refractivity contribution in [1.29, 1.82) is 0 Å². The summed E-state index contributed by atoms with van der Waals surface area (Å²) in [5.41, 5.74) is 1.85. The summed E-state index contributed by atoms with van der Waals surface area (Å²) in [6, 6.07) is 11.6. The second-order valence-electron chi connectivity index (χ2n) is 4.16. The van der Waals surface area contributed by atoms with Crippen molar-refractivity contribution in [3.05, 3.63) is 63.9 Å². The average Bonchev–Trinajstić information content (AvgIpc) is 2.48. The van der Waals surface area contributed by atoms with Crippen LogP contribution in [0.2, 0.25) is 0 Å². The van der Waals surface area contributed by atoms with Gasteiger partial charge in [-0.2, -0.15) is 0 Å². The number of methoxy groups -OCH3 is 1. The summed E-state index contributed by atoms with van der Waals surface area (Å²) in [5.74, 6) is -0.638. The van der Waals surface area contributed by atoms with Crippen molar-refractivity contribution in [2.24, 2.45) is 0 Å². The van der Waals surface area contributed by atoms with Gasteiger partial charge in [0.15, 0.2) is 0 Å². The highest BCUT2D eigenvalue weighted by Crippen LogP contribution is 2.17. The summed E-state index contributed by atoms with van der Waals surface area (Å²) in [6.07, 6.45) is 0. The number of ether oxygens (including phenoxy) is 1. The van der Waals surface area contributed by atoms with Gasteiger partial charge in [-0.25, -0.2) is 9.18 Å². The molecule has 2 rings (SSSR count). The minimum absolute atomic E-state index is 0.258. The third kappa shape index (κ3) is 3.57. The standard InChI is InChI=1S/C15H13BrFNO2/c1-20-15(19)10-2-5-13(6-3-10)18-9-11-8-12(16)4-7-14(11)17/h2-8,18H,9H2,1H3. The number of rotatable bonds is 4. The predicted octanol–water partition coefficient (Wildman–Crippen LogP) is 3.99. The van der Waals surface area contributed by atoms with Crippen LogP contribution in [0.1, 0.15) is 15.9 Å². The molecule has 0 spiro atoms. The van der Waals surface area contributed by atoms with E-state index in [9.17, 15) is 9.18 Å². The van der Waals surface area contributed by atoms with Crippen molar-refractivity contribution < 1.29 is 13.9 Å². The lowest BCUT2D eigenvalue weighted by Gasteiger charge is -2.08. The van der Waals surface area contributed by atoms with Crippen LogP contribution in [-0.2, 0) is 11.3 Å². The molecule has 0 radical (unpaired) electrons. The molecule has 20 heavy (non-hydrogen) atoms. The summed E-state index contributed by atoms with van der Waals surface area (Å²) in [6.45, 7) is 0.364. The van der Waals surface area contributed by atoms with Crippen LogP contribution in [-0.4, -0.2) is 13.1 Å². The maximum absolute atomic E-state index is 13.6. The number of benzene rings is 2. The SMILES string of the molecule is COC(=O)c1ccc(NCc2cc(Br)ccc2F)cc1. The molecule has 0 bridgehead atoms. The Morgan fingerprint density at radius 3 is 2.60 bits per heavy atom. The minimum Gasteiger partial charge on any atom is -0.465 e. The molecule has 104 valence electrons. The van der Waals surface area contributed by atoms with Crippen LogP contribution < -0.4 is 5.32 Å². The molecule has 0 saturated heterocycles. The summed E-state index contributed by atoms with van der Waals surface area (Å²) in [4.78, 5) is 11.3. The summed E-state index contributed by atoms with van der Waals surface area (Å²) >= 11 is 3.31. The Kier molecular flexibility index (Phi) is 4.74. The van der Waals surface area contributed by atoms with Gasteiger partial charge in [0.2, 0.25) is 0 Å². The molecule has 0 fully saturated rings. The first kappa shape index (κ1) is 14.5. The summed E-state index contributed by atoms with van der Waals surface area (Å²) < 4.78 is 19.0. The second-order valence-corrected chi connectivity index (χ2v) is 5.07. The van der Waals surface area contributed by atoms with E-state index in [-0.39, 0.29) is 11.8 Å². The van der Waals surface area contributed by atoms with Gasteiger partial charge in [0.1, 0.15) is 5.82 Å². The maximum atomic E-state index is 13.6. The number of nitrogens with one attached hydrogen (secondary N) is 1. The molecular weight excluding hydrogens is 325 g/mol. The molecule has 0 amide bonds. The Labute approximate surface area is 124 Å². The van der Waals surface area contributed by atoms with Crippen molar-refractivity contribution in [3.8, 4) is 0 Å². The fourth-order valence-electron chi connectivity index (χ4n) is 1.72. The van der Waals surface area contributed by atoms with Crippen molar-refractivity contribution in [1.82, 2.24) is 0 Å². The van der Waals surface area contributed by atoms with E-state index in [1.54, 1.807) is 36.4 Å². The molecule has 0 aliphatic heterocycles. The van der Waals surface area contributed by atoms with Crippen LogP contribution in [0.25, 0.3) is 0 Å². The Balaban J connectivity index is 2.04. The predicted molar refractivity (Wildman–Crippen MR) is 79.2 cm³/mol. The molecule has 2 aromatic carbocycles. The largest absolute Gasteiger partial charge is 0.465 e. The lowest BCUT2D eigenvalue weighted by Crippen LogP contribution is -2.03. The van der Waals surface area contributed by atoms with Gasteiger partial charge >= 0.3 is 5.97 Å². The van der Waals surface area contributed by atoms with Gasteiger partial charge in [0.25, 0.3) is 0 Å². The zero-order valence-electron chi connectivity index (χ0n) is 10.8. The maximum Gasteiger partial charge on any atom is 0.337 e.